The van der Waals surface area contributed by atoms with Crippen molar-refractivity contribution in [3.63, 3.8) is 0 Å². The van der Waals surface area contributed by atoms with E-state index in [2.05, 4.69) is 10.3 Å². The van der Waals surface area contributed by atoms with Crippen LogP contribution >= 0.6 is 23.1 Å². The van der Waals surface area contributed by atoms with Gasteiger partial charge in [0.25, 0.3) is 5.91 Å². The number of fused-ring (bicyclic) bond motifs is 2. The molecule has 2 N–H and O–H groups in total. The van der Waals surface area contributed by atoms with Crippen molar-refractivity contribution >= 4 is 58.2 Å². The van der Waals surface area contributed by atoms with E-state index < -0.39 is 29.0 Å². The number of esters is 1. The molecule has 2 aliphatic heterocycles. The van der Waals surface area contributed by atoms with Crippen LogP contribution in [0.3, 0.4) is 0 Å². The standard InChI is InChI=1S/C31H25N3O7S2/c1-2-40-30(38)18-8-12-19(13-9-18)32-22(35)16-41-21-14-10-17(11-15-21)23-24-26(42-27-25(23)43-31(39)33-27)29(37)34(28(24)36)20-6-4-3-5-7-20/h3-15,23-24,26H,2,16H2,1H3,(H,32,35)(H,33,39)/t23-,24?,26?/m1/s1. The Morgan fingerprint density at radius 1 is 0.930 bits per heavy atom. The van der Waals surface area contributed by atoms with Crippen LogP contribution in [0.2, 0.25) is 0 Å². The van der Waals surface area contributed by atoms with Crippen molar-refractivity contribution in [2.75, 3.05) is 23.4 Å². The van der Waals surface area contributed by atoms with Gasteiger partial charge in [0.2, 0.25) is 11.8 Å². The Morgan fingerprint density at radius 2 is 1.65 bits per heavy atom. The van der Waals surface area contributed by atoms with Gasteiger partial charge < -0.3 is 19.8 Å². The average Bonchev–Trinajstić information content (AvgIpc) is 3.51. The number of hydrogen-bond donors (Lipinski definition) is 2. The zero-order chi connectivity index (χ0) is 30.1. The van der Waals surface area contributed by atoms with Gasteiger partial charge in [-0.3, -0.25) is 19.2 Å². The number of carbonyl (C=O) groups is 4. The van der Waals surface area contributed by atoms with Crippen LogP contribution in [0.15, 0.2) is 88.7 Å². The molecule has 3 atom stereocenters. The fraction of sp³-hybridized carbons (Fsp3) is 0.194. The summed E-state index contributed by atoms with van der Waals surface area (Å²) in [5.74, 6) is -2.21. The number of H-pyrrole nitrogens is 1. The van der Waals surface area contributed by atoms with E-state index >= 15 is 0 Å². The maximum Gasteiger partial charge on any atom is 0.338 e. The highest BCUT2D eigenvalue weighted by Gasteiger charge is 2.56. The van der Waals surface area contributed by atoms with Crippen molar-refractivity contribution in [2.45, 2.75) is 23.1 Å². The van der Waals surface area contributed by atoms with Crippen molar-refractivity contribution < 1.29 is 28.7 Å². The zero-order valence-electron chi connectivity index (χ0n) is 22.8. The summed E-state index contributed by atoms with van der Waals surface area (Å²) in [4.78, 5) is 68.3. The van der Waals surface area contributed by atoms with Gasteiger partial charge in [0, 0.05) is 16.5 Å². The number of nitrogens with zero attached hydrogens (tertiary/aromatic N) is 1. The summed E-state index contributed by atoms with van der Waals surface area (Å²) in [6.45, 7) is 1.74. The van der Waals surface area contributed by atoms with E-state index in [0.29, 0.717) is 32.6 Å². The Balaban J connectivity index is 1.17. The maximum absolute atomic E-state index is 13.7. The van der Waals surface area contributed by atoms with Gasteiger partial charge in [0.1, 0.15) is 11.0 Å². The maximum atomic E-state index is 13.7. The van der Waals surface area contributed by atoms with Gasteiger partial charge in [-0.05, 0) is 61.0 Å². The van der Waals surface area contributed by atoms with Crippen LogP contribution in [0.4, 0.5) is 11.4 Å². The second-order valence-corrected chi connectivity index (χ2v) is 12.0. The summed E-state index contributed by atoms with van der Waals surface area (Å²) in [7, 11) is 0. The highest BCUT2D eigenvalue weighted by Crippen LogP contribution is 2.53. The first-order valence-electron chi connectivity index (χ1n) is 13.5. The predicted molar refractivity (Wildman–Crippen MR) is 162 cm³/mol. The van der Waals surface area contributed by atoms with E-state index in [1.165, 1.54) is 16.7 Å². The number of ether oxygens (including phenoxy) is 2. The number of para-hydroxylation sites is 1. The second-order valence-electron chi connectivity index (χ2n) is 9.80. The van der Waals surface area contributed by atoms with Crippen molar-refractivity contribution in [3.8, 4) is 5.75 Å². The molecule has 4 aromatic rings. The molecule has 0 bridgehead atoms. The molecule has 218 valence electrons. The largest absolute Gasteiger partial charge is 0.484 e. The molecule has 10 nitrogen and oxygen atoms in total. The zero-order valence-corrected chi connectivity index (χ0v) is 24.4. The number of aromatic nitrogens is 1. The van der Waals surface area contributed by atoms with Crippen LogP contribution in [0.1, 0.15) is 33.6 Å². The molecule has 2 aliphatic rings. The average molecular weight is 616 g/mol. The van der Waals surface area contributed by atoms with Crippen LogP contribution in [0.25, 0.3) is 0 Å². The van der Waals surface area contributed by atoms with E-state index in [4.69, 9.17) is 9.47 Å². The van der Waals surface area contributed by atoms with Crippen molar-refractivity contribution in [1.29, 1.82) is 0 Å². The molecule has 3 heterocycles. The molecule has 0 aliphatic carbocycles. The Bertz CT molecular complexity index is 1750. The molecule has 1 aromatic heterocycles. The molecule has 1 fully saturated rings. The smallest absolute Gasteiger partial charge is 0.338 e. The lowest BCUT2D eigenvalue weighted by molar-refractivity contribution is -0.122. The number of nitrogens with one attached hydrogen (secondary N) is 2. The summed E-state index contributed by atoms with van der Waals surface area (Å²) in [5.41, 5.74) is 2.15. The topological polar surface area (TPSA) is 135 Å². The first-order chi connectivity index (χ1) is 20.8. The summed E-state index contributed by atoms with van der Waals surface area (Å²) >= 11 is 2.27. The molecule has 43 heavy (non-hydrogen) atoms. The molecule has 1 saturated heterocycles. The predicted octanol–water partition coefficient (Wildman–Crippen LogP) is 4.43. The van der Waals surface area contributed by atoms with E-state index in [1.54, 1.807) is 79.7 Å². The van der Waals surface area contributed by atoms with Crippen molar-refractivity contribution in [2.24, 2.45) is 5.92 Å². The van der Waals surface area contributed by atoms with Crippen LogP contribution in [0.5, 0.6) is 5.75 Å². The lowest BCUT2D eigenvalue weighted by Crippen LogP contribution is -2.32. The summed E-state index contributed by atoms with van der Waals surface area (Å²) < 4.78 is 10.6. The molecule has 3 amide bonds. The van der Waals surface area contributed by atoms with Gasteiger partial charge in [0.05, 0.1) is 28.8 Å². The first-order valence-corrected chi connectivity index (χ1v) is 15.2. The monoisotopic (exact) mass is 615 g/mol. The normalized spacial score (nSPS) is 19.0. The Morgan fingerprint density at radius 3 is 2.35 bits per heavy atom. The van der Waals surface area contributed by atoms with Gasteiger partial charge in [-0.2, -0.15) is 0 Å². The molecular formula is C31H25N3O7S2. The van der Waals surface area contributed by atoms with Gasteiger partial charge in [-0.1, -0.05) is 53.4 Å². The van der Waals surface area contributed by atoms with Crippen molar-refractivity contribution in [1.82, 2.24) is 4.98 Å². The number of hydrogen-bond acceptors (Lipinski definition) is 9. The van der Waals surface area contributed by atoms with Crippen LogP contribution in [0, 0.1) is 5.92 Å². The number of thioether (sulfide) groups is 1. The quantitative estimate of drug-likeness (QED) is 0.220. The molecule has 6 rings (SSSR count). The van der Waals surface area contributed by atoms with Crippen molar-refractivity contribution in [3.05, 3.63) is 105 Å². The molecule has 12 heteroatoms. The van der Waals surface area contributed by atoms with Gasteiger partial charge >= 0.3 is 10.8 Å². The van der Waals surface area contributed by atoms with E-state index in [-0.39, 0.29) is 29.9 Å². The molecular weight excluding hydrogens is 590 g/mol. The number of thiazole rings is 1. The Labute approximate surface area is 254 Å². The minimum absolute atomic E-state index is 0.246. The number of rotatable bonds is 8. The molecule has 3 aromatic carbocycles. The van der Waals surface area contributed by atoms with Gasteiger partial charge in [0.15, 0.2) is 6.61 Å². The van der Waals surface area contributed by atoms with Crippen LogP contribution in [-0.4, -0.2) is 47.1 Å². The number of carbonyl (C=O) groups excluding carboxylic acids is 4. The Hall–Kier alpha value is -4.68. The highest BCUT2D eigenvalue weighted by atomic mass is 32.2. The Kier molecular flexibility index (Phi) is 7.87. The number of anilines is 2. The lowest BCUT2D eigenvalue weighted by atomic mass is 9.83. The lowest BCUT2D eigenvalue weighted by Gasteiger charge is -2.29. The molecule has 0 spiro atoms. The van der Waals surface area contributed by atoms with E-state index in [1.807, 2.05) is 6.07 Å². The van der Waals surface area contributed by atoms with E-state index in [9.17, 15) is 24.0 Å². The number of imide groups is 1. The number of amides is 3. The van der Waals surface area contributed by atoms with Crippen LogP contribution < -0.4 is 19.8 Å². The molecule has 2 unspecified atom stereocenters. The molecule has 0 radical (unpaired) electrons. The third-order valence-electron chi connectivity index (χ3n) is 7.13. The fourth-order valence-electron chi connectivity index (χ4n) is 5.23. The summed E-state index contributed by atoms with van der Waals surface area (Å²) in [5, 5.41) is 2.64. The molecule has 0 saturated carbocycles. The van der Waals surface area contributed by atoms with Gasteiger partial charge in [-0.15, -0.1) is 0 Å². The highest BCUT2D eigenvalue weighted by molar-refractivity contribution is 8.00. The summed E-state index contributed by atoms with van der Waals surface area (Å²) in [6.07, 6.45) is 0. The van der Waals surface area contributed by atoms with E-state index in [0.717, 1.165) is 16.9 Å². The number of aromatic amines is 1. The van der Waals surface area contributed by atoms with Crippen LogP contribution in [-0.2, 0) is 19.1 Å². The fourth-order valence-corrected chi connectivity index (χ4v) is 7.74. The first kappa shape index (κ1) is 28.4. The minimum Gasteiger partial charge on any atom is -0.484 e. The second kappa shape index (κ2) is 11.9. The SMILES string of the molecule is CCOC(=O)c1ccc(NC(=O)COc2ccc([C@H]3c4sc(=O)[nH]c4SC4C(=O)N(c5ccccc5)C(=O)C43)cc2)cc1. The minimum atomic E-state index is -0.690. The third kappa shape index (κ3) is 5.58. The summed E-state index contributed by atoms with van der Waals surface area (Å²) in [6, 6.07) is 22.1. The third-order valence-corrected chi connectivity index (χ3v) is 9.53. The number of benzene rings is 3. The van der Waals surface area contributed by atoms with Gasteiger partial charge in [-0.25, -0.2) is 9.69 Å².